The molecule has 3 heterocycles. The van der Waals surface area contributed by atoms with Gasteiger partial charge in [-0.15, -0.1) is 0 Å². The number of aromatic nitrogens is 3. The maximum atomic E-state index is 10.5. The van der Waals surface area contributed by atoms with Crippen molar-refractivity contribution in [3.8, 4) is 23.1 Å². The zero-order chi connectivity index (χ0) is 31.1. The van der Waals surface area contributed by atoms with Gasteiger partial charge in [-0.1, -0.05) is 91.0 Å². The molecule has 0 saturated heterocycles. The minimum atomic E-state index is 0.654. The summed E-state index contributed by atoms with van der Waals surface area (Å²) in [5.74, 6) is 0. The third-order valence-corrected chi connectivity index (χ3v) is 9.65. The standard InChI is InChI=1S/C43H26N4/c44-27-28-12-11-19-35-41-40(25-23-34-32-17-7-10-21-38(32)46(43(34)41)30-15-5-2-6-16-30)47(42(28)35)31-22-24-39-36(26-31)33-18-8-9-20-37(33)45(39)29-13-3-1-4-14-29/h1-26H. The number of hydrogen-bond acceptors (Lipinski definition) is 1. The highest BCUT2D eigenvalue weighted by atomic mass is 15.0. The number of para-hydroxylation sites is 5. The second kappa shape index (κ2) is 9.71. The SMILES string of the molecule is N#Cc1cccc2c3c(ccc4c5ccccc5n(-c5ccccc5)c43)n(-c3ccc4c(c3)c3ccccc3n4-c3ccccc3)c12. The normalized spacial score (nSPS) is 11.8. The lowest BCUT2D eigenvalue weighted by Gasteiger charge is -2.11. The molecule has 0 radical (unpaired) electrons. The number of rotatable bonds is 3. The van der Waals surface area contributed by atoms with Crippen LogP contribution in [0.2, 0.25) is 0 Å². The summed E-state index contributed by atoms with van der Waals surface area (Å²) in [6, 6.07) is 58.2. The van der Waals surface area contributed by atoms with E-state index in [-0.39, 0.29) is 0 Å². The Morgan fingerprint density at radius 1 is 0.362 bits per heavy atom. The van der Waals surface area contributed by atoms with Crippen LogP contribution in [0.15, 0.2) is 158 Å². The van der Waals surface area contributed by atoms with Crippen molar-refractivity contribution < 1.29 is 0 Å². The molecule has 3 aromatic heterocycles. The van der Waals surface area contributed by atoms with Crippen molar-refractivity contribution in [2.75, 3.05) is 0 Å². The summed E-state index contributed by atoms with van der Waals surface area (Å²) in [6.45, 7) is 0. The Morgan fingerprint density at radius 2 is 0.915 bits per heavy atom. The van der Waals surface area contributed by atoms with Crippen molar-refractivity contribution in [1.82, 2.24) is 13.7 Å². The molecule has 0 fully saturated rings. The fourth-order valence-electron chi connectivity index (χ4n) is 7.76. The van der Waals surface area contributed by atoms with Gasteiger partial charge in [0.1, 0.15) is 6.07 Å². The van der Waals surface area contributed by atoms with E-state index in [9.17, 15) is 5.26 Å². The minimum absolute atomic E-state index is 0.654. The number of nitriles is 1. The molecule has 0 aliphatic carbocycles. The van der Waals surface area contributed by atoms with Crippen LogP contribution in [-0.4, -0.2) is 13.7 Å². The topological polar surface area (TPSA) is 38.6 Å². The van der Waals surface area contributed by atoms with Gasteiger partial charge in [0.05, 0.1) is 38.7 Å². The predicted molar refractivity (Wildman–Crippen MR) is 194 cm³/mol. The molecule has 218 valence electrons. The third kappa shape index (κ3) is 3.51. The van der Waals surface area contributed by atoms with Crippen LogP contribution in [0.4, 0.5) is 0 Å². The highest BCUT2D eigenvalue weighted by molar-refractivity contribution is 6.26. The molecule has 7 aromatic carbocycles. The molecule has 0 amide bonds. The summed E-state index contributed by atoms with van der Waals surface area (Å²) in [4.78, 5) is 0. The van der Waals surface area contributed by atoms with Crippen molar-refractivity contribution in [2.45, 2.75) is 0 Å². The van der Waals surface area contributed by atoms with Crippen LogP contribution in [0, 0.1) is 11.3 Å². The van der Waals surface area contributed by atoms with Gasteiger partial charge < -0.3 is 13.7 Å². The average Bonchev–Trinajstić information content (AvgIpc) is 3.78. The minimum Gasteiger partial charge on any atom is -0.309 e. The van der Waals surface area contributed by atoms with Crippen molar-refractivity contribution in [2.24, 2.45) is 0 Å². The highest BCUT2D eigenvalue weighted by Crippen LogP contribution is 2.43. The highest BCUT2D eigenvalue weighted by Gasteiger charge is 2.23. The van der Waals surface area contributed by atoms with E-state index in [0.717, 1.165) is 55.4 Å². The summed E-state index contributed by atoms with van der Waals surface area (Å²) in [5.41, 5.74) is 10.5. The van der Waals surface area contributed by atoms with E-state index in [1.165, 1.54) is 27.1 Å². The van der Waals surface area contributed by atoms with Crippen LogP contribution in [0.5, 0.6) is 0 Å². The second-order valence-corrected chi connectivity index (χ2v) is 12.1. The molecule has 0 unspecified atom stereocenters. The van der Waals surface area contributed by atoms with E-state index in [4.69, 9.17) is 0 Å². The summed E-state index contributed by atoms with van der Waals surface area (Å²) >= 11 is 0. The van der Waals surface area contributed by atoms with E-state index in [2.05, 4.69) is 165 Å². The molecule has 10 rings (SSSR count). The van der Waals surface area contributed by atoms with Crippen LogP contribution in [0.25, 0.3) is 82.5 Å². The Balaban J connectivity index is 1.37. The Hall–Kier alpha value is -6.57. The Bertz CT molecular complexity index is 2900. The van der Waals surface area contributed by atoms with Gasteiger partial charge in [-0.3, -0.25) is 0 Å². The fraction of sp³-hybridized carbons (Fsp3) is 0. The van der Waals surface area contributed by atoms with E-state index >= 15 is 0 Å². The van der Waals surface area contributed by atoms with E-state index in [1.54, 1.807) is 0 Å². The molecule has 0 bridgehead atoms. The van der Waals surface area contributed by atoms with Crippen LogP contribution in [0.3, 0.4) is 0 Å². The second-order valence-electron chi connectivity index (χ2n) is 12.1. The smallest absolute Gasteiger partial charge is 0.101 e. The zero-order valence-corrected chi connectivity index (χ0v) is 25.3. The third-order valence-electron chi connectivity index (χ3n) is 9.65. The van der Waals surface area contributed by atoms with Gasteiger partial charge in [-0.05, 0) is 66.7 Å². The molecule has 0 aliphatic rings. The largest absolute Gasteiger partial charge is 0.309 e. The van der Waals surface area contributed by atoms with E-state index < -0.39 is 0 Å². The summed E-state index contributed by atoms with van der Waals surface area (Å²) in [5, 5.41) is 17.4. The summed E-state index contributed by atoms with van der Waals surface area (Å²) in [7, 11) is 0. The van der Waals surface area contributed by atoms with Crippen molar-refractivity contribution in [3.63, 3.8) is 0 Å². The molecule has 0 atom stereocenters. The summed E-state index contributed by atoms with van der Waals surface area (Å²) < 4.78 is 7.01. The van der Waals surface area contributed by atoms with Gasteiger partial charge in [-0.2, -0.15) is 5.26 Å². The molecular formula is C43H26N4. The van der Waals surface area contributed by atoms with Crippen molar-refractivity contribution in [1.29, 1.82) is 5.26 Å². The lowest BCUT2D eigenvalue weighted by Crippen LogP contribution is -1.97. The molecule has 47 heavy (non-hydrogen) atoms. The van der Waals surface area contributed by atoms with Crippen molar-refractivity contribution in [3.05, 3.63) is 163 Å². The first-order valence-corrected chi connectivity index (χ1v) is 15.9. The lowest BCUT2D eigenvalue weighted by atomic mass is 10.1. The number of hydrogen-bond donors (Lipinski definition) is 0. The molecule has 0 N–H and O–H groups in total. The van der Waals surface area contributed by atoms with Crippen LogP contribution >= 0.6 is 0 Å². The van der Waals surface area contributed by atoms with Crippen LogP contribution in [0.1, 0.15) is 5.56 Å². The van der Waals surface area contributed by atoms with Crippen molar-refractivity contribution >= 4 is 65.4 Å². The number of benzene rings is 7. The Kier molecular flexibility index (Phi) is 5.32. The van der Waals surface area contributed by atoms with Gasteiger partial charge in [0.25, 0.3) is 0 Å². The maximum absolute atomic E-state index is 10.5. The average molecular weight is 599 g/mol. The monoisotopic (exact) mass is 598 g/mol. The van der Waals surface area contributed by atoms with Gasteiger partial charge in [0.2, 0.25) is 0 Å². The maximum Gasteiger partial charge on any atom is 0.101 e. The van der Waals surface area contributed by atoms with E-state index in [1.807, 2.05) is 12.1 Å². The molecule has 10 aromatic rings. The molecular weight excluding hydrogens is 573 g/mol. The van der Waals surface area contributed by atoms with Gasteiger partial charge >= 0.3 is 0 Å². The first-order valence-electron chi connectivity index (χ1n) is 15.9. The summed E-state index contributed by atoms with van der Waals surface area (Å²) in [6.07, 6.45) is 0. The first-order chi connectivity index (χ1) is 23.3. The van der Waals surface area contributed by atoms with Crippen LogP contribution < -0.4 is 0 Å². The zero-order valence-electron chi connectivity index (χ0n) is 25.3. The Morgan fingerprint density at radius 3 is 1.64 bits per heavy atom. The molecule has 0 aliphatic heterocycles. The number of nitrogens with zero attached hydrogens (tertiary/aromatic N) is 4. The predicted octanol–water partition coefficient (Wildman–Crippen LogP) is 10.8. The van der Waals surface area contributed by atoms with Crippen LogP contribution in [-0.2, 0) is 0 Å². The first kappa shape index (κ1) is 25.7. The van der Waals surface area contributed by atoms with Gasteiger partial charge in [-0.25, -0.2) is 0 Å². The molecule has 4 nitrogen and oxygen atoms in total. The number of fused-ring (bicyclic) bond motifs is 10. The van der Waals surface area contributed by atoms with Gasteiger partial charge in [0, 0.05) is 49.4 Å². The van der Waals surface area contributed by atoms with Gasteiger partial charge in [0.15, 0.2) is 0 Å². The molecule has 0 saturated carbocycles. The molecule has 4 heteroatoms. The quantitative estimate of drug-likeness (QED) is 0.199. The van der Waals surface area contributed by atoms with E-state index in [0.29, 0.717) is 5.56 Å². The Labute approximate surface area is 270 Å². The lowest BCUT2D eigenvalue weighted by molar-refractivity contribution is 1.16. The molecule has 0 spiro atoms. The fourth-order valence-corrected chi connectivity index (χ4v) is 7.76.